The highest BCUT2D eigenvalue weighted by molar-refractivity contribution is 8.13. The second-order valence-corrected chi connectivity index (χ2v) is 5.71. The average molecular weight is 257 g/mol. The number of hydrogen-bond acceptors (Lipinski definition) is 3. The van der Waals surface area contributed by atoms with Crippen molar-refractivity contribution in [1.29, 1.82) is 0 Å². The van der Waals surface area contributed by atoms with E-state index < -0.39 is 9.05 Å². The van der Waals surface area contributed by atoms with Gasteiger partial charge in [-0.25, -0.2) is 8.42 Å². The van der Waals surface area contributed by atoms with Gasteiger partial charge < -0.3 is 0 Å². The van der Waals surface area contributed by atoms with Crippen LogP contribution in [0.5, 0.6) is 0 Å². The smallest absolute Gasteiger partial charge is 0.253 e. The van der Waals surface area contributed by atoms with Gasteiger partial charge in [-0.2, -0.15) is 5.10 Å². The summed E-state index contributed by atoms with van der Waals surface area (Å²) in [7, 11) is 1.36. The van der Waals surface area contributed by atoms with E-state index in [-0.39, 0.29) is 10.0 Å². The van der Waals surface area contributed by atoms with E-state index >= 15 is 0 Å². The number of halogens is 2. The highest BCUT2D eigenvalue weighted by Crippen LogP contribution is 2.24. The molecule has 0 aromatic carbocycles. The molecule has 7 heteroatoms. The first-order valence-corrected chi connectivity index (χ1v) is 6.81. The van der Waals surface area contributed by atoms with E-state index in [2.05, 4.69) is 5.10 Å². The van der Waals surface area contributed by atoms with Gasteiger partial charge >= 0.3 is 0 Å². The van der Waals surface area contributed by atoms with Crippen LogP contribution in [0.15, 0.2) is 11.1 Å². The average Bonchev–Trinajstić information content (AvgIpc) is 2.42. The molecule has 80 valence electrons. The lowest BCUT2D eigenvalue weighted by Crippen LogP contribution is -2.00. The van der Waals surface area contributed by atoms with E-state index in [9.17, 15) is 8.42 Å². The standard InChI is InChI=1S/C7H10Cl2N2O2S/c1-2-3-4-11-7(8)6(5-10-11)14(9,12)13/h5H,2-4H2,1H3. The van der Waals surface area contributed by atoms with Crippen molar-refractivity contribution in [3.8, 4) is 0 Å². The summed E-state index contributed by atoms with van der Waals surface area (Å²) < 4.78 is 23.4. The summed E-state index contributed by atoms with van der Waals surface area (Å²) in [5, 5.41) is 3.92. The van der Waals surface area contributed by atoms with Gasteiger partial charge in [-0.15, -0.1) is 0 Å². The van der Waals surface area contributed by atoms with E-state index in [1.165, 1.54) is 10.9 Å². The van der Waals surface area contributed by atoms with Crippen molar-refractivity contribution in [2.45, 2.75) is 31.2 Å². The van der Waals surface area contributed by atoms with E-state index in [0.29, 0.717) is 6.54 Å². The predicted octanol–water partition coefficient (Wildman–Crippen LogP) is 2.26. The zero-order valence-electron chi connectivity index (χ0n) is 7.57. The first-order chi connectivity index (χ1) is 6.46. The minimum atomic E-state index is -3.78. The molecule has 0 fully saturated rings. The van der Waals surface area contributed by atoms with Crippen LogP contribution < -0.4 is 0 Å². The van der Waals surface area contributed by atoms with Gasteiger partial charge in [-0.3, -0.25) is 4.68 Å². The first kappa shape index (κ1) is 11.8. The highest BCUT2D eigenvalue weighted by Gasteiger charge is 2.19. The molecule has 0 N–H and O–H groups in total. The van der Waals surface area contributed by atoms with Crippen molar-refractivity contribution in [3.05, 3.63) is 11.3 Å². The van der Waals surface area contributed by atoms with Gasteiger partial charge in [0.2, 0.25) is 0 Å². The van der Waals surface area contributed by atoms with Gasteiger partial charge in [0, 0.05) is 17.2 Å². The molecule has 0 aliphatic heterocycles. The van der Waals surface area contributed by atoms with Crippen LogP contribution in [0.25, 0.3) is 0 Å². The minimum Gasteiger partial charge on any atom is -0.253 e. The summed E-state index contributed by atoms with van der Waals surface area (Å²) >= 11 is 5.78. The molecule has 0 unspecified atom stereocenters. The Morgan fingerprint density at radius 3 is 2.64 bits per heavy atom. The lowest BCUT2D eigenvalue weighted by atomic mass is 10.3. The molecule has 1 aromatic rings. The summed E-state index contributed by atoms with van der Waals surface area (Å²) in [6, 6.07) is 0. The fraction of sp³-hybridized carbons (Fsp3) is 0.571. The van der Waals surface area contributed by atoms with Crippen molar-refractivity contribution in [3.63, 3.8) is 0 Å². The number of nitrogens with zero attached hydrogens (tertiary/aromatic N) is 2. The minimum absolute atomic E-state index is 0.0773. The Balaban J connectivity index is 2.97. The van der Waals surface area contributed by atoms with Crippen LogP contribution in [-0.4, -0.2) is 18.2 Å². The topological polar surface area (TPSA) is 52.0 Å². The van der Waals surface area contributed by atoms with Crippen LogP contribution in [0, 0.1) is 0 Å². The molecule has 0 spiro atoms. The van der Waals surface area contributed by atoms with Crippen molar-refractivity contribution >= 4 is 31.3 Å². The number of rotatable bonds is 4. The Bertz CT molecular complexity index is 413. The molecule has 1 rings (SSSR count). The third-order valence-electron chi connectivity index (χ3n) is 1.73. The lowest BCUT2D eigenvalue weighted by Gasteiger charge is -2.00. The summed E-state index contributed by atoms with van der Waals surface area (Å²) in [5.74, 6) is 0. The van der Waals surface area contributed by atoms with Crippen molar-refractivity contribution in [2.24, 2.45) is 0 Å². The Labute approximate surface area is 92.2 Å². The normalized spacial score (nSPS) is 11.9. The molecule has 0 saturated carbocycles. The molecule has 1 aromatic heterocycles. The Hall–Kier alpha value is -0.260. The Morgan fingerprint density at radius 1 is 1.57 bits per heavy atom. The predicted molar refractivity (Wildman–Crippen MR) is 55.2 cm³/mol. The summed E-state index contributed by atoms with van der Waals surface area (Å²) in [4.78, 5) is -0.128. The van der Waals surface area contributed by atoms with Gasteiger partial charge in [0.15, 0.2) is 0 Å². The molecule has 0 bridgehead atoms. The number of unbranched alkanes of at least 4 members (excludes halogenated alkanes) is 1. The van der Waals surface area contributed by atoms with Gasteiger partial charge in [0.25, 0.3) is 9.05 Å². The summed E-state index contributed by atoms with van der Waals surface area (Å²) in [6.07, 6.45) is 3.04. The summed E-state index contributed by atoms with van der Waals surface area (Å²) in [5.41, 5.74) is 0. The maximum absolute atomic E-state index is 11.0. The molecular weight excluding hydrogens is 247 g/mol. The number of hydrogen-bond donors (Lipinski definition) is 0. The molecule has 0 aliphatic rings. The monoisotopic (exact) mass is 256 g/mol. The van der Waals surface area contributed by atoms with Crippen LogP contribution in [0.1, 0.15) is 19.8 Å². The summed E-state index contributed by atoms with van der Waals surface area (Å²) in [6.45, 7) is 2.62. The van der Waals surface area contributed by atoms with Crippen LogP contribution in [-0.2, 0) is 15.6 Å². The molecule has 0 radical (unpaired) electrons. The lowest BCUT2D eigenvalue weighted by molar-refractivity contribution is 0.571. The zero-order valence-corrected chi connectivity index (χ0v) is 9.90. The van der Waals surface area contributed by atoms with Gasteiger partial charge in [-0.05, 0) is 6.42 Å². The first-order valence-electron chi connectivity index (χ1n) is 4.12. The van der Waals surface area contributed by atoms with E-state index in [1.807, 2.05) is 6.92 Å². The molecule has 0 saturated heterocycles. The van der Waals surface area contributed by atoms with Gasteiger partial charge in [0.1, 0.15) is 10.0 Å². The Kier molecular flexibility index (Phi) is 3.80. The molecule has 0 amide bonds. The third-order valence-corrected chi connectivity index (χ3v) is 3.56. The van der Waals surface area contributed by atoms with Crippen LogP contribution in [0.4, 0.5) is 0 Å². The van der Waals surface area contributed by atoms with E-state index in [4.69, 9.17) is 22.3 Å². The molecular formula is C7H10Cl2N2O2S. The second kappa shape index (κ2) is 4.51. The van der Waals surface area contributed by atoms with Gasteiger partial charge in [-0.1, -0.05) is 24.9 Å². The fourth-order valence-corrected chi connectivity index (χ4v) is 2.40. The molecule has 4 nitrogen and oxygen atoms in total. The van der Waals surface area contributed by atoms with Crippen molar-refractivity contribution < 1.29 is 8.42 Å². The molecule has 0 atom stereocenters. The SMILES string of the molecule is CCCCn1ncc(S(=O)(=O)Cl)c1Cl. The highest BCUT2D eigenvalue weighted by atomic mass is 35.7. The van der Waals surface area contributed by atoms with Crippen LogP contribution >= 0.6 is 22.3 Å². The van der Waals surface area contributed by atoms with Crippen molar-refractivity contribution in [1.82, 2.24) is 9.78 Å². The van der Waals surface area contributed by atoms with Crippen LogP contribution in [0.3, 0.4) is 0 Å². The maximum atomic E-state index is 11.0. The third kappa shape index (κ3) is 2.62. The van der Waals surface area contributed by atoms with E-state index in [0.717, 1.165) is 12.8 Å². The zero-order chi connectivity index (χ0) is 10.8. The molecule has 0 aliphatic carbocycles. The largest absolute Gasteiger partial charge is 0.265 e. The Morgan fingerprint density at radius 2 is 2.21 bits per heavy atom. The molecule has 1 heterocycles. The fourth-order valence-electron chi connectivity index (χ4n) is 0.981. The van der Waals surface area contributed by atoms with Gasteiger partial charge in [0.05, 0.1) is 6.20 Å². The quantitative estimate of drug-likeness (QED) is 0.777. The van der Waals surface area contributed by atoms with Crippen LogP contribution in [0.2, 0.25) is 5.15 Å². The van der Waals surface area contributed by atoms with E-state index in [1.54, 1.807) is 0 Å². The number of aromatic nitrogens is 2. The molecule has 14 heavy (non-hydrogen) atoms. The second-order valence-electron chi connectivity index (χ2n) is 2.81. The maximum Gasteiger partial charge on any atom is 0.265 e. The number of aryl methyl sites for hydroxylation is 1. The van der Waals surface area contributed by atoms with Crippen molar-refractivity contribution in [2.75, 3.05) is 0 Å².